The molecule has 0 spiro atoms. The molecule has 1 rings (SSSR count). The molecule has 0 aliphatic carbocycles. The van der Waals surface area contributed by atoms with Crippen molar-refractivity contribution in [2.75, 3.05) is 12.4 Å². The Hall–Kier alpha value is -1.71. The van der Waals surface area contributed by atoms with E-state index in [2.05, 4.69) is 5.32 Å². The summed E-state index contributed by atoms with van der Waals surface area (Å²) in [5.74, 6) is -0.208. The summed E-state index contributed by atoms with van der Waals surface area (Å²) in [6.07, 6.45) is 0.521. The molecule has 0 aliphatic rings. The van der Waals surface area contributed by atoms with Gasteiger partial charge in [-0.25, -0.2) is 4.79 Å². The zero-order chi connectivity index (χ0) is 11.3. The summed E-state index contributed by atoms with van der Waals surface area (Å²) in [6.45, 7) is 1.82. The van der Waals surface area contributed by atoms with Gasteiger partial charge in [0.25, 0.3) is 0 Å². The molecule has 1 aromatic rings. The van der Waals surface area contributed by atoms with Crippen molar-refractivity contribution in [3.8, 4) is 5.75 Å². The molecule has 4 heteroatoms. The topological polar surface area (TPSA) is 58.6 Å². The highest BCUT2D eigenvalue weighted by Gasteiger charge is 2.15. The van der Waals surface area contributed by atoms with Gasteiger partial charge in [-0.2, -0.15) is 0 Å². The molecule has 0 amide bonds. The molecular weight excluding hydrogens is 194 g/mol. The third-order valence-corrected chi connectivity index (χ3v) is 2.14. The first-order chi connectivity index (χ1) is 7.19. The first-order valence-electron chi connectivity index (χ1n) is 4.81. The van der Waals surface area contributed by atoms with Crippen LogP contribution < -0.4 is 10.1 Å². The smallest absolute Gasteiger partial charge is 0.326 e. The number of benzene rings is 1. The quantitative estimate of drug-likeness (QED) is 0.778. The molecule has 1 unspecified atom stereocenters. The summed E-state index contributed by atoms with van der Waals surface area (Å²) in [5, 5.41) is 11.8. The second-order valence-corrected chi connectivity index (χ2v) is 3.14. The van der Waals surface area contributed by atoms with E-state index in [1.807, 2.05) is 19.1 Å². The van der Waals surface area contributed by atoms with Crippen LogP contribution in [-0.4, -0.2) is 24.2 Å². The van der Waals surface area contributed by atoms with Crippen LogP contribution in [0.15, 0.2) is 24.3 Å². The minimum Gasteiger partial charge on any atom is -0.495 e. The third-order valence-electron chi connectivity index (χ3n) is 2.14. The van der Waals surface area contributed by atoms with E-state index >= 15 is 0 Å². The number of carboxylic acids is 1. The van der Waals surface area contributed by atoms with Crippen molar-refractivity contribution in [2.24, 2.45) is 0 Å². The predicted molar refractivity (Wildman–Crippen MR) is 58.3 cm³/mol. The SMILES string of the molecule is CCC(Nc1ccccc1OC)C(=O)O. The molecule has 1 atom stereocenters. The lowest BCUT2D eigenvalue weighted by Gasteiger charge is -2.15. The number of aliphatic carboxylic acids is 1. The van der Waals surface area contributed by atoms with Crippen molar-refractivity contribution in [1.82, 2.24) is 0 Å². The van der Waals surface area contributed by atoms with Crippen molar-refractivity contribution in [1.29, 1.82) is 0 Å². The number of hydrogen-bond donors (Lipinski definition) is 2. The van der Waals surface area contributed by atoms with Gasteiger partial charge in [-0.15, -0.1) is 0 Å². The van der Waals surface area contributed by atoms with Crippen LogP contribution in [0.3, 0.4) is 0 Å². The molecule has 0 saturated heterocycles. The van der Waals surface area contributed by atoms with Crippen LogP contribution in [0.1, 0.15) is 13.3 Å². The van der Waals surface area contributed by atoms with Gasteiger partial charge in [-0.1, -0.05) is 19.1 Å². The number of hydrogen-bond acceptors (Lipinski definition) is 3. The van der Waals surface area contributed by atoms with Crippen LogP contribution in [0.5, 0.6) is 5.75 Å². The highest BCUT2D eigenvalue weighted by Crippen LogP contribution is 2.24. The Balaban J connectivity index is 2.82. The van der Waals surface area contributed by atoms with Crippen molar-refractivity contribution >= 4 is 11.7 Å². The number of para-hydroxylation sites is 2. The highest BCUT2D eigenvalue weighted by molar-refractivity contribution is 5.78. The van der Waals surface area contributed by atoms with E-state index in [-0.39, 0.29) is 0 Å². The zero-order valence-corrected chi connectivity index (χ0v) is 8.86. The molecule has 2 N–H and O–H groups in total. The molecule has 0 aliphatic heterocycles. The van der Waals surface area contributed by atoms with Gasteiger partial charge in [0, 0.05) is 0 Å². The van der Waals surface area contributed by atoms with Gasteiger partial charge in [0.15, 0.2) is 0 Å². The number of carboxylic acid groups (broad SMARTS) is 1. The van der Waals surface area contributed by atoms with Gasteiger partial charge >= 0.3 is 5.97 Å². The Kier molecular flexibility index (Phi) is 3.97. The van der Waals surface area contributed by atoms with Crippen molar-refractivity contribution in [3.05, 3.63) is 24.3 Å². The van der Waals surface area contributed by atoms with Crippen LogP contribution in [0.25, 0.3) is 0 Å². The fourth-order valence-corrected chi connectivity index (χ4v) is 1.29. The molecule has 82 valence electrons. The minimum absolute atomic E-state index is 0.521. The number of nitrogens with one attached hydrogen (secondary N) is 1. The first kappa shape index (κ1) is 11.4. The van der Waals surface area contributed by atoms with Gasteiger partial charge in [-0.3, -0.25) is 0 Å². The minimum atomic E-state index is -0.858. The first-order valence-corrected chi connectivity index (χ1v) is 4.81. The van der Waals surface area contributed by atoms with E-state index in [0.717, 1.165) is 0 Å². The summed E-state index contributed by atoms with van der Waals surface area (Å²) in [7, 11) is 1.56. The summed E-state index contributed by atoms with van der Waals surface area (Å²) in [4.78, 5) is 10.8. The number of anilines is 1. The Morgan fingerprint density at radius 3 is 2.73 bits per heavy atom. The van der Waals surface area contributed by atoms with Crippen LogP contribution >= 0.6 is 0 Å². The summed E-state index contributed by atoms with van der Waals surface area (Å²) in [6, 6.07) is 6.67. The van der Waals surface area contributed by atoms with Gasteiger partial charge in [-0.05, 0) is 18.6 Å². The Morgan fingerprint density at radius 2 is 2.20 bits per heavy atom. The lowest BCUT2D eigenvalue weighted by molar-refractivity contribution is -0.137. The molecule has 0 bridgehead atoms. The summed E-state index contributed by atoms with van der Waals surface area (Å²) >= 11 is 0. The molecule has 0 aromatic heterocycles. The van der Waals surface area contributed by atoms with Gasteiger partial charge in [0.05, 0.1) is 12.8 Å². The molecule has 4 nitrogen and oxygen atoms in total. The van der Waals surface area contributed by atoms with Crippen LogP contribution in [0.2, 0.25) is 0 Å². The third kappa shape index (κ3) is 2.87. The zero-order valence-electron chi connectivity index (χ0n) is 8.86. The Morgan fingerprint density at radius 1 is 1.53 bits per heavy atom. The van der Waals surface area contributed by atoms with Crippen molar-refractivity contribution in [3.63, 3.8) is 0 Å². The average Bonchev–Trinajstić information content (AvgIpc) is 2.25. The summed E-state index contributed by atoms with van der Waals surface area (Å²) in [5.41, 5.74) is 0.703. The maximum Gasteiger partial charge on any atom is 0.326 e. The lowest BCUT2D eigenvalue weighted by atomic mass is 10.2. The van der Waals surface area contributed by atoms with E-state index in [1.165, 1.54) is 0 Å². The second kappa shape index (κ2) is 5.24. The van der Waals surface area contributed by atoms with Crippen LogP contribution in [0, 0.1) is 0 Å². The fraction of sp³-hybridized carbons (Fsp3) is 0.364. The normalized spacial score (nSPS) is 11.9. The van der Waals surface area contributed by atoms with E-state index in [9.17, 15) is 4.79 Å². The molecule has 0 radical (unpaired) electrons. The van der Waals surface area contributed by atoms with Gasteiger partial charge in [0.2, 0.25) is 0 Å². The standard InChI is InChI=1S/C11H15NO3/c1-3-8(11(13)14)12-9-6-4-5-7-10(9)15-2/h4-8,12H,3H2,1-2H3,(H,13,14). The molecule has 0 heterocycles. The molecule has 15 heavy (non-hydrogen) atoms. The number of ether oxygens (including phenoxy) is 1. The highest BCUT2D eigenvalue weighted by atomic mass is 16.5. The monoisotopic (exact) mass is 209 g/mol. The number of carbonyl (C=O) groups is 1. The van der Waals surface area contributed by atoms with Gasteiger partial charge < -0.3 is 15.2 Å². The maximum absolute atomic E-state index is 10.8. The molecule has 0 fully saturated rings. The molecular formula is C11H15NO3. The van der Waals surface area contributed by atoms with Crippen molar-refractivity contribution < 1.29 is 14.6 Å². The molecule has 1 aromatic carbocycles. The van der Waals surface area contributed by atoms with E-state index in [4.69, 9.17) is 9.84 Å². The van der Waals surface area contributed by atoms with Gasteiger partial charge in [0.1, 0.15) is 11.8 Å². The Bertz CT molecular complexity index is 338. The summed E-state index contributed by atoms with van der Waals surface area (Å²) < 4.78 is 5.12. The van der Waals surface area contributed by atoms with Crippen LogP contribution in [0.4, 0.5) is 5.69 Å². The average molecular weight is 209 g/mol. The number of methoxy groups -OCH3 is 1. The Labute approximate surface area is 88.9 Å². The largest absolute Gasteiger partial charge is 0.495 e. The van der Waals surface area contributed by atoms with Crippen molar-refractivity contribution in [2.45, 2.75) is 19.4 Å². The predicted octanol–water partition coefficient (Wildman–Crippen LogP) is 1.97. The number of rotatable bonds is 5. The fourth-order valence-electron chi connectivity index (χ4n) is 1.29. The second-order valence-electron chi connectivity index (χ2n) is 3.14. The van der Waals surface area contributed by atoms with E-state index in [1.54, 1.807) is 19.2 Å². The molecule has 0 saturated carbocycles. The maximum atomic E-state index is 10.8. The van der Waals surface area contributed by atoms with Crippen LogP contribution in [-0.2, 0) is 4.79 Å². The van der Waals surface area contributed by atoms with E-state index in [0.29, 0.717) is 17.9 Å². The van der Waals surface area contributed by atoms with E-state index < -0.39 is 12.0 Å². The lowest BCUT2D eigenvalue weighted by Crippen LogP contribution is -2.28.